The van der Waals surface area contributed by atoms with Crippen LogP contribution in [0.4, 0.5) is 13.2 Å². The van der Waals surface area contributed by atoms with Crippen LogP contribution in [0.3, 0.4) is 0 Å². The molecule has 3 nitrogen and oxygen atoms in total. The molecule has 24 heavy (non-hydrogen) atoms. The molecule has 0 radical (unpaired) electrons. The fourth-order valence-corrected chi connectivity index (χ4v) is 3.23. The smallest absolute Gasteiger partial charge is 0.321 e. The zero-order chi connectivity index (χ0) is 17.7. The quantitative estimate of drug-likeness (QED) is 0.455. The van der Waals surface area contributed by atoms with Crippen molar-refractivity contribution in [3.63, 3.8) is 0 Å². The Morgan fingerprint density at radius 1 is 1.08 bits per heavy atom. The highest BCUT2D eigenvalue weighted by Gasteiger charge is 2.38. The second-order valence-electron chi connectivity index (χ2n) is 6.06. The number of carbonyl (C=O) groups excluding carboxylic acids is 2. The van der Waals surface area contributed by atoms with Crippen molar-refractivity contribution in [2.24, 2.45) is 5.92 Å². The van der Waals surface area contributed by atoms with Crippen molar-refractivity contribution in [3.05, 3.63) is 35.1 Å². The number of rotatable bonds is 5. The minimum Gasteiger partial charge on any atom is -0.465 e. The lowest BCUT2D eigenvalue weighted by atomic mass is 9.83. The monoisotopic (exact) mass is 342 g/mol. The summed E-state index contributed by atoms with van der Waals surface area (Å²) in [7, 11) is 0. The van der Waals surface area contributed by atoms with Crippen molar-refractivity contribution < 1.29 is 27.5 Å². The molecule has 132 valence electrons. The molecular weight excluding hydrogens is 321 g/mol. The second-order valence-corrected chi connectivity index (χ2v) is 6.06. The summed E-state index contributed by atoms with van der Waals surface area (Å²) in [4.78, 5) is 25.1. The Labute approximate surface area is 139 Å². The fourth-order valence-electron chi connectivity index (χ4n) is 3.23. The topological polar surface area (TPSA) is 43.4 Å². The Hall–Kier alpha value is -1.85. The second kappa shape index (κ2) is 8.31. The van der Waals surface area contributed by atoms with Crippen molar-refractivity contribution in [2.75, 3.05) is 6.61 Å². The molecule has 0 bridgehead atoms. The van der Waals surface area contributed by atoms with Gasteiger partial charge in [0.15, 0.2) is 5.78 Å². The van der Waals surface area contributed by atoms with Crippen LogP contribution in [0.1, 0.15) is 56.9 Å². The molecule has 1 atom stereocenters. The molecule has 1 aliphatic rings. The first-order valence-electron chi connectivity index (χ1n) is 8.30. The standard InChI is InChI=1S/C18H21F3O3/c1-2-24-18(23)16(15-13(20)9-12(19)10-14(15)21)17(22)11-7-5-3-4-6-8-11/h9-11,16H,2-8H2,1H3. The highest BCUT2D eigenvalue weighted by Crippen LogP contribution is 2.33. The minimum atomic E-state index is -1.69. The lowest BCUT2D eigenvalue weighted by Crippen LogP contribution is -2.31. The first kappa shape index (κ1) is 18.5. The summed E-state index contributed by atoms with van der Waals surface area (Å²) in [5.41, 5.74) is -0.718. The van der Waals surface area contributed by atoms with Gasteiger partial charge >= 0.3 is 5.97 Å². The molecule has 1 aromatic carbocycles. The van der Waals surface area contributed by atoms with E-state index >= 15 is 0 Å². The SMILES string of the molecule is CCOC(=O)C(C(=O)C1CCCCCC1)c1c(F)cc(F)cc1F. The molecule has 1 aromatic rings. The van der Waals surface area contributed by atoms with Crippen molar-refractivity contribution in [1.82, 2.24) is 0 Å². The van der Waals surface area contributed by atoms with E-state index in [4.69, 9.17) is 4.74 Å². The maximum absolute atomic E-state index is 14.1. The Bertz CT molecular complexity index is 585. The number of carbonyl (C=O) groups is 2. The van der Waals surface area contributed by atoms with E-state index in [2.05, 4.69) is 0 Å². The van der Waals surface area contributed by atoms with Gasteiger partial charge in [0, 0.05) is 23.6 Å². The van der Waals surface area contributed by atoms with Gasteiger partial charge in [-0.2, -0.15) is 0 Å². The molecule has 0 N–H and O–H groups in total. The van der Waals surface area contributed by atoms with E-state index in [0.717, 1.165) is 25.7 Å². The van der Waals surface area contributed by atoms with Crippen LogP contribution < -0.4 is 0 Å². The van der Waals surface area contributed by atoms with Crippen molar-refractivity contribution >= 4 is 11.8 Å². The Morgan fingerprint density at radius 2 is 1.62 bits per heavy atom. The molecule has 1 saturated carbocycles. The number of halogens is 3. The van der Waals surface area contributed by atoms with Gasteiger partial charge in [0.25, 0.3) is 0 Å². The van der Waals surface area contributed by atoms with Crippen LogP contribution in [-0.2, 0) is 14.3 Å². The fraction of sp³-hybridized carbons (Fsp3) is 0.556. The van der Waals surface area contributed by atoms with Crippen LogP contribution in [0.15, 0.2) is 12.1 Å². The van der Waals surface area contributed by atoms with Crippen LogP contribution in [0, 0.1) is 23.4 Å². The van der Waals surface area contributed by atoms with Gasteiger partial charge in [0.2, 0.25) is 0 Å². The third-order valence-corrected chi connectivity index (χ3v) is 4.40. The molecule has 0 amide bonds. The summed E-state index contributed by atoms with van der Waals surface area (Å²) in [5, 5.41) is 0. The third-order valence-electron chi connectivity index (χ3n) is 4.40. The number of ketones is 1. The lowest BCUT2D eigenvalue weighted by Gasteiger charge is -2.21. The van der Waals surface area contributed by atoms with E-state index < -0.39 is 46.6 Å². The van der Waals surface area contributed by atoms with Crippen LogP contribution in [0.25, 0.3) is 0 Å². The Balaban J connectivity index is 2.41. The predicted octanol–water partition coefficient (Wildman–Crippen LogP) is 4.29. The van der Waals surface area contributed by atoms with Crippen molar-refractivity contribution in [2.45, 2.75) is 51.4 Å². The summed E-state index contributed by atoms with van der Waals surface area (Å²) < 4.78 is 46.3. The molecular formula is C18H21F3O3. The molecule has 0 aromatic heterocycles. The third kappa shape index (κ3) is 4.16. The number of hydrogen-bond acceptors (Lipinski definition) is 3. The first-order chi connectivity index (χ1) is 11.5. The van der Waals surface area contributed by atoms with E-state index in [9.17, 15) is 22.8 Å². The summed E-state index contributed by atoms with van der Waals surface area (Å²) in [6.07, 6.45) is 4.82. The first-order valence-corrected chi connectivity index (χ1v) is 8.30. The van der Waals surface area contributed by atoms with Gasteiger partial charge in [0.05, 0.1) is 6.61 Å². The average molecular weight is 342 g/mol. The van der Waals surface area contributed by atoms with Gasteiger partial charge in [-0.1, -0.05) is 25.7 Å². The minimum absolute atomic E-state index is 0.0162. The normalized spacial score (nSPS) is 17.2. The van der Waals surface area contributed by atoms with Crippen LogP contribution in [-0.4, -0.2) is 18.4 Å². The predicted molar refractivity (Wildman–Crippen MR) is 81.9 cm³/mol. The molecule has 0 aliphatic heterocycles. The van der Waals surface area contributed by atoms with Crippen molar-refractivity contribution in [3.8, 4) is 0 Å². The summed E-state index contributed by atoms with van der Waals surface area (Å²) >= 11 is 0. The van der Waals surface area contributed by atoms with Gasteiger partial charge in [-0.25, -0.2) is 13.2 Å². The number of hydrogen-bond donors (Lipinski definition) is 0. The number of Topliss-reactive ketones (excluding diaryl/α,β-unsaturated/α-hetero) is 1. The van der Waals surface area contributed by atoms with Crippen molar-refractivity contribution in [1.29, 1.82) is 0 Å². The number of benzene rings is 1. The Kier molecular flexibility index (Phi) is 6.40. The number of ether oxygens (including phenoxy) is 1. The zero-order valence-electron chi connectivity index (χ0n) is 13.6. The molecule has 0 spiro atoms. The molecule has 1 unspecified atom stereocenters. The average Bonchev–Trinajstić information content (AvgIpc) is 2.79. The van der Waals surface area contributed by atoms with Gasteiger partial charge in [-0.15, -0.1) is 0 Å². The van der Waals surface area contributed by atoms with Gasteiger partial charge in [-0.05, 0) is 19.8 Å². The summed E-state index contributed by atoms with van der Waals surface area (Å²) in [5.74, 6) is -7.24. The number of esters is 1. The van der Waals surface area contributed by atoms with E-state index in [-0.39, 0.29) is 6.61 Å². The molecule has 6 heteroatoms. The summed E-state index contributed by atoms with van der Waals surface area (Å²) in [6, 6.07) is 0.954. The summed E-state index contributed by atoms with van der Waals surface area (Å²) in [6.45, 7) is 1.53. The van der Waals surface area contributed by atoms with E-state index in [1.165, 1.54) is 0 Å². The van der Waals surface area contributed by atoms with Gasteiger partial charge in [0.1, 0.15) is 23.4 Å². The van der Waals surface area contributed by atoms with Gasteiger partial charge < -0.3 is 4.74 Å². The van der Waals surface area contributed by atoms with E-state index in [1.54, 1.807) is 6.92 Å². The van der Waals surface area contributed by atoms with Gasteiger partial charge in [-0.3, -0.25) is 9.59 Å². The maximum Gasteiger partial charge on any atom is 0.321 e. The molecule has 0 heterocycles. The van der Waals surface area contributed by atoms with Crippen LogP contribution in [0.5, 0.6) is 0 Å². The van der Waals surface area contributed by atoms with E-state index in [1.807, 2.05) is 0 Å². The largest absolute Gasteiger partial charge is 0.465 e. The molecule has 0 saturated heterocycles. The lowest BCUT2D eigenvalue weighted by molar-refractivity contribution is -0.149. The molecule has 1 fully saturated rings. The van der Waals surface area contributed by atoms with E-state index in [0.29, 0.717) is 25.0 Å². The highest BCUT2D eigenvalue weighted by molar-refractivity contribution is 6.05. The molecule has 2 rings (SSSR count). The Morgan fingerprint density at radius 3 is 2.12 bits per heavy atom. The van der Waals surface area contributed by atoms with Crippen LogP contribution >= 0.6 is 0 Å². The highest BCUT2D eigenvalue weighted by atomic mass is 19.1. The zero-order valence-corrected chi connectivity index (χ0v) is 13.6. The molecule has 1 aliphatic carbocycles. The maximum atomic E-state index is 14.1. The van der Waals surface area contributed by atoms with Crippen LogP contribution in [0.2, 0.25) is 0 Å².